The molecule has 0 aromatic heterocycles. The van der Waals surface area contributed by atoms with Crippen LogP contribution < -0.4 is 20.7 Å². The van der Waals surface area contributed by atoms with E-state index in [0.717, 1.165) is 4.90 Å². The molecule has 3 N–H and O–H groups in total. The highest BCUT2D eigenvalue weighted by Gasteiger charge is 2.15. The molecule has 7 nitrogen and oxygen atoms in total. The second kappa shape index (κ2) is 14.7. The van der Waals surface area contributed by atoms with Crippen molar-refractivity contribution in [2.24, 2.45) is 0 Å². The fraction of sp³-hybridized carbons (Fsp3) is 0.0938. The molecule has 3 amide bonds. The molecule has 0 aliphatic rings. The van der Waals surface area contributed by atoms with Crippen LogP contribution in [0.25, 0.3) is 6.08 Å². The normalized spacial score (nSPS) is 10.9. The summed E-state index contributed by atoms with van der Waals surface area (Å²) in [7, 11) is 0. The number of halogens is 1. The molecular formula is C32H28ClN3O4S. The minimum atomic E-state index is -0.496. The number of anilines is 2. The Hall–Kier alpha value is -4.53. The minimum absolute atomic E-state index is 0.0713. The minimum Gasteiger partial charge on any atom is -0.494 e. The van der Waals surface area contributed by atoms with Gasteiger partial charge in [-0.05, 0) is 79.2 Å². The Bertz CT molecular complexity index is 1540. The summed E-state index contributed by atoms with van der Waals surface area (Å²) in [5, 5.41) is 8.93. The van der Waals surface area contributed by atoms with Gasteiger partial charge in [0, 0.05) is 26.9 Å². The van der Waals surface area contributed by atoms with Gasteiger partial charge in [-0.25, -0.2) is 0 Å². The van der Waals surface area contributed by atoms with Crippen molar-refractivity contribution in [3.8, 4) is 5.75 Å². The quantitative estimate of drug-likeness (QED) is 0.132. The first-order chi connectivity index (χ1) is 19.9. The van der Waals surface area contributed by atoms with Crippen molar-refractivity contribution >= 4 is 58.5 Å². The van der Waals surface area contributed by atoms with E-state index in [1.54, 1.807) is 97.1 Å². The molecule has 0 unspecified atom stereocenters. The predicted octanol–water partition coefficient (Wildman–Crippen LogP) is 6.88. The molecule has 0 bridgehead atoms. The molecule has 0 spiro atoms. The molecule has 208 valence electrons. The molecule has 4 aromatic rings. The van der Waals surface area contributed by atoms with E-state index < -0.39 is 11.8 Å². The van der Waals surface area contributed by atoms with Gasteiger partial charge in [-0.3, -0.25) is 14.4 Å². The first-order valence-corrected chi connectivity index (χ1v) is 14.2. The maximum absolute atomic E-state index is 13.4. The summed E-state index contributed by atoms with van der Waals surface area (Å²) in [4.78, 5) is 39.4. The molecule has 0 saturated heterocycles. The standard InChI is InChI=1S/C32H28ClN3O4S/c1-2-40-27-16-14-22(15-17-27)18-29(36-31(38)23-8-4-3-5-9-23)32(39)35-26-12-7-13-28(20-26)41-21-30(37)34-25-11-6-10-24(33)19-25/h3-20H,2,21H2,1H3,(H,34,37)(H,35,39)(H,36,38)/b29-18+. The summed E-state index contributed by atoms with van der Waals surface area (Å²) in [5.41, 5.74) is 2.34. The summed E-state index contributed by atoms with van der Waals surface area (Å²) in [5.74, 6) is -0.215. The zero-order valence-electron chi connectivity index (χ0n) is 22.2. The van der Waals surface area contributed by atoms with E-state index in [2.05, 4.69) is 16.0 Å². The van der Waals surface area contributed by atoms with Crippen molar-refractivity contribution in [1.82, 2.24) is 5.32 Å². The van der Waals surface area contributed by atoms with Crippen molar-refractivity contribution < 1.29 is 19.1 Å². The molecule has 4 rings (SSSR count). The average Bonchev–Trinajstić information content (AvgIpc) is 2.97. The zero-order valence-corrected chi connectivity index (χ0v) is 23.8. The van der Waals surface area contributed by atoms with E-state index in [9.17, 15) is 14.4 Å². The fourth-order valence-electron chi connectivity index (χ4n) is 3.71. The number of carbonyl (C=O) groups is 3. The Balaban J connectivity index is 1.46. The van der Waals surface area contributed by atoms with E-state index in [1.165, 1.54) is 11.8 Å². The third-order valence-electron chi connectivity index (χ3n) is 5.60. The summed E-state index contributed by atoms with van der Waals surface area (Å²) < 4.78 is 5.49. The van der Waals surface area contributed by atoms with Gasteiger partial charge in [-0.2, -0.15) is 0 Å². The fourth-order valence-corrected chi connectivity index (χ4v) is 4.66. The van der Waals surface area contributed by atoms with Gasteiger partial charge in [0.2, 0.25) is 5.91 Å². The van der Waals surface area contributed by atoms with E-state index >= 15 is 0 Å². The van der Waals surface area contributed by atoms with Crippen LogP contribution in [0.15, 0.2) is 114 Å². The number of amides is 3. The third kappa shape index (κ3) is 9.27. The van der Waals surface area contributed by atoms with Crippen molar-refractivity contribution in [3.63, 3.8) is 0 Å². The Morgan fingerprint density at radius 1 is 0.829 bits per heavy atom. The van der Waals surface area contributed by atoms with Crippen molar-refractivity contribution in [1.29, 1.82) is 0 Å². The number of hydrogen-bond donors (Lipinski definition) is 3. The number of thioether (sulfide) groups is 1. The van der Waals surface area contributed by atoms with Gasteiger partial charge < -0.3 is 20.7 Å². The second-order valence-electron chi connectivity index (χ2n) is 8.71. The highest BCUT2D eigenvalue weighted by Crippen LogP contribution is 2.23. The van der Waals surface area contributed by atoms with Crippen LogP contribution in [0.5, 0.6) is 5.75 Å². The monoisotopic (exact) mass is 585 g/mol. The average molecular weight is 586 g/mol. The highest BCUT2D eigenvalue weighted by molar-refractivity contribution is 8.00. The smallest absolute Gasteiger partial charge is 0.272 e. The molecule has 0 saturated carbocycles. The van der Waals surface area contributed by atoms with Crippen LogP contribution in [0, 0.1) is 0 Å². The first kappa shape index (κ1) is 29.5. The van der Waals surface area contributed by atoms with Gasteiger partial charge in [0.05, 0.1) is 12.4 Å². The Morgan fingerprint density at radius 2 is 1.54 bits per heavy atom. The topological polar surface area (TPSA) is 96.5 Å². The Labute approximate surface area is 248 Å². The van der Waals surface area contributed by atoms with Crippen LogP contribution in [-0.2, 0) is 9.59 Å². The largest absolute Gasteiger partial charge is 0.494 e. The predicted molar refractivity (Wildman–Crippen MR) is 165 cm³/mol. The number of benzene rings is 4. The molecule has 41 heavy (non-hydrogen) atoms. The highest BCUT2D eigenvalue weighted by atomic mass is 35.5. The lowest BCUT2D eigenvalue weighted by atomic mass is 10.1. The zero-order chi connectivity index (χ0) is 29.0. The van der Waals surface area contributed by atoms with Crippen LogP contribution in [-0.4, -0.2) is 30.1 Å². The Morgan fingerprint density at radius 3 is 2.24 bits per heavy atom. The molecular weight excluding hydrogens is 558 g/mol. The van der Waals surface area contributed by atoms with Crippen LogP contribution >= 0.6 is 23.4 Å². The lowest BCUT2D eigenvalue weighted by Crippen LogP contribution is -2.30. The van der Waals surface area contributed by atoms with Crippen molar-refractivity contribution in [2.75, 3.05) is 23.0 Å². The number of carbonyl (C=O) groups excluding carboxylic acids is 3. The third-order valence-corrected chi connectivity index (χ3v) is 6.83. The van der Waals surface area contributed by atoms with Crippen LogP contribution in [0.1, 0.15) is 22.8 Å². The van der Waals surface area contributed by atoms with Gasteiger partial charge in [0.1, 0.15) is 11.4 Å². The van der Waals surface area contributed by atoms with E-state index in [0.29, 0.717) is 39.9 Å². The van der Waals surface area contributed by atoms with Gasteiger partial charge in [-0.15, -0.1) is 11.8 Å². The van der Waals surface area contributed by atoms with Gasteiger partial charge in [-0.1, -0.05) is 54.1 Å². The number of nitrogens with one attached hydrogen (secondary N) is 3. The summed E-state index contributed by atoms with van der Waals surface area (Å²) in [6.45, 7) is 2.44. The van der Waals surface area contributed by atoms with Crippen LogP contribution in [0.3, 0.4) is 0 Å². The van der Waals surface area contributed by atoms with Crippen molar-refractivity contribution in [2.45, 2.75) is 11.8 Å². The maximum Gasteiger partial charge on any atom is 0.272 e. The number of rotatable bonds is 11. The lowest BCUT2D eigenvalue weighted by molar-refractivity contribution is -0.114. The van der Waals surface area contributed by atoms with E-state index in [4.69, 9.17) is 16.3 Å². The molecule has 4 aromatic carbocycles. The number of ether oxygens (including phenoxy) is 1. The SMILES string of the molecule is CCOc1ccc(/C=C(/NC(=O)c2ccccc2)C(=O)Nc2cccc(SCC(=O)Nc3cccc(Cl)c3)c2)cc1. The molecule has 0 heterocycles. The van der Waals surface area contributed by atoms with Crippen LogP contribution in [0.4, 0.5) is 11.4 Å². The lowest BCUT2D eigenvalue weighted by Gasteiger charge is -2.12. The second-order valence-corrected chi connectivity index (χ2v) is 10.2. The summed E-state index contributed by atoms with van der Waals surface area (Å²) in [6, 6.07) is 29.9. The number of hydrogen-bond acceptors (Lipinski definition) is 5. The molecule has 0 fully saturated rings. The van der Waals surface area contributed by atoms with Gasteiger partial charge >= 0.3 is 0 Å². The molecule has 0 aliphatic heterocycles. The maximum atomic E-state index is 13.4. The molecule has 0 atom stereocenters. The summed E-state index contributed by atoms with van der Waals surface area (Å²) in [6.07, 6.45) is 1.60. The Kier molecular flexibility index (Phi) is 10.6. The molecule has 0 radical (unpaired) electrons. The summed E-state index contributed by atoms with van der Waals surface area (Å²) >= 11 is 7.31. The molecule has 0 aliphatic carbocycles. The van der Waals surface area contributed by atoms with Gasteiger partial charge in [0.15, 0.2) is 0 Å². The van der Waals surface area contributed by atoms with Crippen molar-refractivity contribution in [3.05, 3.63) is 125 Å². The van der Waals surface area contributed by atoms with E-state index in [1.807, 2.05) is 19.1 Å². The first-order valence-electron chi connectivity index (χ1n) is 12.8. The van der Waals surface area contributed by atoms with Crippen LogP contribution in [0.2, 0.25) is 5.02 Å². The van der Waals surface area contributed by atoms with Gasteiger partial charge in [0.25, 0.3) is 11.8 Å². The van der Waals surface area contributed by atoms with E-state index in [-0.39, 0.29) is 17.4 Å². The molecule has 9 heteroatoms.